The third kappa shape index (κ3) is 4.18. The predicted octanol–water partition coefficient (Wildman–Crippen LogP) is 0.919. The van der Waals surface area contributed by atoms with Crippen molar-refractivity contribution in [3.05, 3.63) is 0 Å². The van der Waals surface area contributed by atoms with E-state index in [9.17, 15) is 9.59 Å². The zero-order chi connectivity index (χ0) is 13.6. The van der Waals surface area contributed by atoms with Crippen LogP contribution in [0.25, 0.3) is 0 Å². The third-order valence-corrected chi connectivity index (χ3v) is 3.53. The van der Waals surface area contributed by atoms with Crippen LogP contribution in [-0.4, -0.2) is 55.9 Å². The minimum atomic E-state index is -0.795. The Labute approximate surface area is 107 Å². The van der Waals surface area contributed by atoms with Gasteiger partial charge in [-0.2, -0.15) is 0 Å². The highest BCUT2D eigenvalue weighted by Crippen LogP contribution is 2.43. The SMILES string of the molecule is COCCN(C)C(=O)NCC1(CC(=O)O)CCC1. The Bertz CT molecular complexity index is 302. The first-order valence-corrected chi connectivity index (χ1v) is 6.19. The molecule has 1 saturated carbocycles. The smallest absolute Gasteiger partial charge is 0.317 e. The van der Waals surface area contributed by atoms with Gasteiger partial charge in [-0.15, -0.1) is 0 Å². The molecular formula is C12H22N2O4. The first-order valence-electron chi connectivity index (χ1n) is 6.19. The average Bonchev–Trinajstić information content (AvgIpc) is 2.28. The zero-order valence-electron chi connectivity index (χ0n) is 11.1. The first-order chi connectivity index (χ1) is 8.49. The molecule has 1 fully saturated rings. The summed E-state index contributed by atoms with van der Waals surface area (Å²) < 4.78 is 4.89. The molecule has 0 atom stereocenters. The van der Waals surface area contributed by atoms with Crippen molar-refractivity contribution in [2.24, 2.45) is 5.41 Å². The van der Waals surface area contributed by atoms with Gasteiger partial charge in [0.15, 0.2) is 0 Å². The molecule has 2 N–H and O–H groups in total. The Morgan fingerprint density at radius 1 is 1.44 bits per heavy atom. The summed E-state index contributed by atoms with van der Waals surface area (Å²) in [7, 11) is 3.28. The van der Waals surface area contributed by atoms with E-state index in [4.69, 9.17) is 9.84 Å². The van der Waals surface area contributed by atoms with Gasteiger partial charge in [-0.05, 0) is 18.3 Å². The molecule has 0 saturated heterocycles. The van der Waals surface area contributed by atoms with Crippen LogP contribution in [0.3, 0.4) is 0 Å². The number of carboxylic acid groups (broad SMARTS) is 1. The molecule has 104 valence electrons. The molecule has 0 aromatic heterocycles. The van der Waals surface area contributed by atoms with Gasteiger partial charge in [-0.25, -0.2) is 4.79 Å². The van der Waals surface area contributed by atoms with Crippen molar-refractivity contribution in [3.8, 4) is 0 Å². The van der Waals surface area contributed by atoms with Crippen molar-refractivity contribution >= 4 is 12.0 Å². The quantitative estimate of drug-likeness (QED) is 0.711. The van der Waals surface area contributed by atoms with E-state index in [0.717, 1.165) is 19.3 Å². The lowest BCUT2D eigenvalue weighted by Gasteiger charge is -2.41. The number of hydrogen-bond donors (Lipinski definition) is 2. The van der Waals surface area contributed by atoms with Crippen molar-refractivity contribution in [2.45, 2.75) is 25.7 Å². The fraction of sp³-hybridized carbons (Fsp3) is 0.833. The summed E-state index contributed by atoms with van der Waals surface area (Å²) in [6.07, 6.45) is 2.93. The number of nitrogens with zero attached hydrogens (tertiary/aromatic N) is 1. The van der Waals surface area contributed by atoms with Gasteiger partial charge in [0.25, 0.3) is 0 Å². The van der Waals surface area contributed by atoms with E-state index in [1.165, 1.54) is 4.90 Å². The Hall–Kier alpha value is -1.30. The number of urea groups is 1. The van der Waals surface area contributed by atoms with Crippen LogP contribution < -0.4 is 5.32 Å². The number of ether oxygens (including phenoxy) is 1. The van der Waals surface area contributed by atoms with Crippen molar-refractivity contribution in [2.75, 3.05) is 33.9 Å². The topological polar surface area (TPSA) is 78.9 Å². The highest BCUT2D eigenvalue weighted by Gasteiger charge is 2.39. The van der Waals surface area contributed by atoms with Crippen LogP contribution in [-0.2, 0) is 9.53 Å². The second-order valence-corrected chi connectivity index (χ2v) is 5.00. The van der Waals surface area contributed by atoms with E-state index in [1.807, 2.05) is 0 Å². The summed E-state index contributed by atoms with van der Waals surface area (Å²) in [6.45, 7) is 1.45. The largest absolute Gasteiger partial charge is 0.481 e. The number of methoxy groups -OCH3 is 1. The van der Waals surface area contributed by atoms with Crippen LogP contribution >= 0.6 is 0 Å². The summed E-state index contributed by atoms with van der Waals surface area (Å²) in [6, 6.07) is -0.177. The van der Waals surface area contributed by atoms with Gasteiger partial charge in [0.1, 0.15) is 0 Å². The zero-order valence-corrected chi connectivity index (χ0v) is 11.1. The molecular weight excluding hydrogens is 236 g/mol. The van der Waals surface area contributed by atoms with Crippen molar-refractivity contribution in [3.63, 3.8) is 0 Å². The molecule has 2 amide bonds. The first kappa shape index (κ1) is 14.8. The van der Waals surface area contributed by atoms with E-state index < -0.39 is 5.97 Å². The summed E-state index contributed by atoms with van der Waals surface area (Å²) >= 11 is 0. The number of aliphatic carboxylic acids is 1. The average molecular weight is 258 g/mol. The van der Waals surface area contributed by atoms with Crippen LogP contribution in [0.4, 0.5) is 4.79 Å². The standard InChI is InChI=1S/C12H22N2O4/c1-14(6-7-18-2)11(17)13-9-12(4-3-5-12)8-10(15)16/h3-9H2,1-2H3,(H,13,17)(H,15,16). The van der Waals surface area contributed by atoms with E-state index in [1.54, 1.807) is 14.2 Å². The number of rotatable bonds is 7. The molecule has 0 unspecified atom stereocenters. The lowest BCUT2D eigenvalue weighted by atomic mass is 9.66. The van der Waals surface area contributed by atoms with Crippen molar-refractivity contribution in [1.29, 1.82) is 0 Å². The minimum absolute atomic E-state index is 0.134. The van der Waals surface area contributed by atoms with Gasteiger partial charge < -0.3 is 20.1 Å². The second kappa shape index (κ2) is 6.58. The van der Waals surface area contributed by atoms with Crippen LogP contribution in [0, 0.1) is 5.41 Å². The Morgan fingerprint density at radius 3 is 2.56 bits per heavy atom. The molecule has 0 aliphatic heterocycles. The van der Waals surface area contributed by atoms with Gasteiger partial charge in [0.05, 0.1) is 13.0 Å². The number of carboxylic acids is 1. The molecule has 0 radical (unpaired) electrons. The number of carbonyl (C=O) groups is 2. The molecule has 1 aliphatic rings. The molecule has 1 aliphatic carbocycles. The number of amides is 2. The molecule has 0 heterocycles. The van der Waals surface area contributed by atoms with Crippen LogP contribution in [0.1, 0.15) is 25.7 Å². The highest BCUT2D eigenvalue weighted by molar-refractivity contribution is 5.74. The molecule has 0 bridgehead atoms. The second-order valence-electron chi connectivity index (χ2n) is 5.00. The molecule has 18 heavy (non-hydrogen) atoms. The summed E-state index contributed by atoms with van der Waals surface area (Å²) in [5.41, 5.74) is -0.233. The minimum Gasteiger partial charge on any atom is -0.481 e. The molecule has 6 nitrogen and oxygen atoms in total. The van der Waals surface area contributed by atoms with Crippen molar-refractivity contribution < 1.29 is 19.4 Å². The maximum atomic E-state index is 11.7. The summed E-state index contributed by atoms with van der Waals surface area (Å²) in [5, 5.41) is 11.7. The maximum Gasteiger partial charge on any atom is 0.317 e. The van der Waals surface area contributed by atoms with Gasteiger partial charge in [-0.1, -0.05) is 6.42 Å². The van der Waals surface area contributed by atoms with Crippen LogP contribution in [0.2, 0.25) is 0 Å². The number of likely N-dealkylation sites (N-methyl/N-ethyl adjacent to an activating group) is 1. The maximum absolute atomic E-state index is 11.7. The normalized spacial score (nSPS) is 16.8. The van der Waals surface area contributed by atoms with E-state index in [2.05, 4.69) is 5.32 Å². The molecule has 6 heteroatoms. The number of nitrogens with one attached hydrogen (secondary N) is 1. The summed E-state index contributed by atoms with van der Waals surface area (Å²) in [5.74, 6) is -0.795. The van der Waals surface area contributed by atoms with E-state index >= 15 is 0 Å². The number of carbonyl (C=O) groups excluding carboxylic acids is 1. The Morgan fingerprint density at radius 2 is 2.11 bits per heavy atom. The number of hydrogen-bond acceptors (Lipinski definition) is 3. The highest BCUT2D eigenvalue weighted by atomic mass is 16.5. The predicted molar refractivity (Wildman–Crippen MR) is 66.4 cm³/mol. The fourth-order valence-corrected chi connectivity index (χ4v) is 2.14. The van der Waals surface area contributed by atoms with Gasteiger partial charge >= 0.3 is 12.0 Å². The van der Waals surface area contributed by atoms with Crippen molar-refractivity contribution in [1.82, 2.24) is 10.2 Å². The molecule has 0 spiro atoms. The van der Waals surface area contributed by atoms with Crippen LogP contribution in [0.15, 0.2) is 0 Å². The van der Waals surface area contributed by atoms with Gasteiger partial charge in [0.2, 0.25) is 0 Å². The Balaban J connectivity index is 2.34. The molecule has 1 rings (SSSR count). The van der Waals surface area contributed by atoms with E-state index in [-0.39, 0.29) is 17.9 Å². The monoisotopic (exact) mass is 258 g/mol. The third-order valence-electron chi connectivity index (χ3n) is 3.53. The lowest BCUT2D eigenvalue weighted by molar-refractivity contribution is -0.141. The van der Waals surface area contributed by atoms with E-state index in [0.29, 0.717) is 19.7 Å². The fourth-order valence-electron chi connectivity index (χ4n) is 2.14. The molecule has 0 aromatic carbocycles. The lowest BCUT2D eigenvalue weighted by Crippen LogP contribution is -2.47. The van der Waals surface area contributed by atoms with Crippen LogP contribution in [0.5, 0.6) is 0 Å². The van der Waals surface area contributed by atoms with Gasteiger partial charge in [0, 0.05) is 27.2 Å². The molecule has 0 aromatic rings. The van der Waals surface area contributed by atoms with Gasteiger partial charge in [-0.3, -0.25) is 4.79 Å². The Kier molecular flexibility index (Phi) is 5.40. The summed E-state index contributed by atoms with van der Waals surface area (Å²) in [4.78, 5) is 24.1.